The first kappa shape index (κ1) is 29.8. The maximum atomic E-state index is 9.37. The average molecular weight is 653 g/mol. The molecule has 1 aromatic heterocycles. The molecule has 5 nitrogen and oxygen atoms in total. The SMILES string of the molecule is [C-]#[N+]c1ccc(N(c2ccccc2)c2ccc3cc4c(cc3c2)oc2cc3cc(N(c5ccccc5)c5ccc(C#N)cc5)ccc3cc24)cc1. The molecule has 0 amide bonds. The Morgan fingerprint density at radius 2 is 0.882 bits per heavy atom. The number of hydrogen-bond donors (Lipinski definition) is 0. The van der Waals surface area contributed by atoms with E-state index >= 15 is 0 Å². The lowest BCUT2D eigenvalue weighted by Crippen LogP contribution is -2.09. The van der Waals surface area contributed by atoms with Crippen LogP contribution in [0.4, 0.5) is 39.8 Å². The Morgan fingerprint density at radius 1 is 0.451 bits per heavy atom. The van der Waals surface area contributed by atoms with Crippen LogP contribution in [-0.4, -0.2) is 0 Å². The molecular weight excluding hydrogens is 625 g/mol. The predicted octanol–water partition coefficient (Wildman–Crippen LogP) is 13.3. The van der Waals surface area contributed by atoms with Gasteiger partial charge >= 0.3 is 0 Å². The van der Waals surface area contributed by atoms with Crippen LogP contribution in [0.25, 0.3) is 48.3 Å². The molecule has 0 radical (unpaired) electrons. The number of fused-ring (bicyclic) bond motifs is 5. The molecule has 0 spiro atoms. The number of para-hydroxylation sites is 2. The van der Waals surface area contributed by atoms with Crippen LogP contribution >= 0.6 is 0 Å². The fourth-order valence-electron chi connectivity index (χ4n) is 6.92. The summed E-state index contributed by atoms with van der Waals surface area (Å²) in [7, 11) is 0. The summed E-state index contributed by atoms with van der Waals surface area (Å²) in [5.74, 6) is 0. The highest BCUT2D eigenvalue weighted by atomic mass is 16.3. The zero-order valence-electron chi connectivity index (χ0n) is 27.4. The van der Waals surface area contributed by atoms with Crippen LogP contribution in [0.5, 0.6) is 0 Å². The first-order valence-electron chi connectivity index (χ1n) is 16.7. The molecule has 0 saturated heterocycles. The molecule has 0 aliphatic heterocycles. The van der Waals surface area contributed by atoms with Gasteiger partial charge in [0, 0.05) is 44.9 Å². The van der Waals surface area contributed by atoms with Crippen molar-refractivity contribution in [2.24, 2.45) is 0 Å². The first-order chi connectivity index (χ1) is 25.1. The number of furan rings is 1. The number of benzene rings is 8. The molecule has 0 atom stereocenters. The van der Waals surface area contributed by atoms with Gasteiger partial charge in [-0.15, -0.1) is 0 Å². The molecule has 9 rings (SSSR count). The van der Waals surface area contributed by atoms with E-state index in [9.17, 15) is 5.26 Å². The van der Waals surface area contributed by atoms with Crippen molar-refractivity contribution in [2.45, 2.75) is 0 Å². The molecule has 5 heteroatoms. The van der Waals surface area contributed by atoms with Crippen molar-refractivity contribution in [3.05, 3.63) is 187 Å². The minimum atomic E-state index is 0.612. The highest BCUT2D eigenvalue weighted by Gasteiger charge is 2.17. The van der Waals surface area contributed by atoms with Crippen LogP contribution in [0.3, 0.4) is 0 Å². The van der Waals surface area contributed by atoms with Gasteiger partial charge in [-0.2, -0.15) is 5.26 Å². The van der Waals surface area contributed by atoms with Crippen LogP contribution in [0.1, 0.15) is 5.56 Å². The molecule has 51 heavy (non-hydrogen) atoms. The van der Waals surface area contributed by atoms with Gasteiger partial charge in [-0.05, 0) is 131 Å². The highest BCUT2D eigenvalue weighted by molar-refractivity contribution is 6.14. The fraction of sp³-hybridized carbons (Fsp3) is 0. The molecule has 0 aliphatic rings. The van der Waals surface area contributed by atoms with Gasteiger partial charge in [0.2, 0.25) is 0 Å². The summed E-state index contributed by atoms with van der Waals surface area (Å²) in [5.41, 5.74) is 8.96. The van der Waals surface area contributed by atoms with E-state index in [0.29, 0.717) is 11.3 Å². The first-order valence-corrected chi connectivity index (χ1v) is 16.7. The van der Waals surface area contributed by atoms with Crippen molar-refractivity contribution >= 4 is 83.3 Å². The molecular formula is C46H28N4O. The van der Waals surface area contributed by atoms with E-state index in [1.54, 1.807) is 0 Å². The minimum absolute atomic E-state index is 0.612. The van der Waals surface area contributed by atoms with Crippen LogP contribution in [0.15, 0.2) is 174 Å². The van der Waals surface area contributed by atoms with Crippen molar-refractivity contribution in [3.63, 3.8) is 0 Å². The Labute approximate surface area is 294 Å². The lowest BCUT2D eigenvalue weighted by molar-refractivity contribution is 0.670. The molecule has 1 heterocycles. The second-order valence-electron chi connectivity index (χ2n) is 12.5. The zero-order chi connectivity index (χ0) is 34.3. The molecule has 0 unspecified atom stereocenters. The van der Waals surface area contributed by atoms with Crippen molar-refractivity contribution in [1.82, 2.24) is 0 Å². The van der Waals surface area contributed by atoms with E-state index in [4.69, 9.17) is 11.0 Å². The second-order valence-corrected chi connectivity index (χ2v) is 12.5. The number of nitrogens with zero attached hydrogens (tertiary/aromatic N) is 4. The Morgan fingerprint density at radius 3 is 1.33 bits per heavy atom. The fourth-order valence-corrected chi connectivity index (χ4v) is 6.92. The van der Waals surface area contributed by atoms with Gasteiger partial charge in [-0.3, -0.25) is 0 Å². The summed E-state index contributed by atoms with van der Waals surface area (Å²) < 4.78 is 6.57. The summed E-state index contributed by atoms with van der Waals surface area (Å²) in [6.45, 7) is 7.38. The maximum absolute atomic E-state index is 9.37. The smallest absolute Gasteiger partial charge is 0.187 e. The van der Waals surface area contributed by atoms with E-state index < -0.39 is 0 Å². The van der Waals surface area contributed by atoms with Crippen molar-refractivity contribution in [3.8, 4) is 6.07 Å². The van der Waals surface area contributed by atoms with Gasteiger partial charge in [0.25, 0.3) is 0 Å². The molecule has 0 N–H and O–H groups in total. The van der Waals surface area contributed by atoms with E-state index in [1.165, 1.54) is 0 Å². The van der Waals surface area contributed by atoms with Crippen molar-refractivity contribution in [1.29, 1.82) is 5.26 Å². The molecule has 0 bridgehead atoms. The van der Waals surface area contributed by atoms with Gasteiger partial charge in [0.1, 0.15) is 11.2 Å². The van der Waals surface area contributed by atoms with Gasteiger partial charge in [0.05, 0.1) is 18.2 Å². The predicted molar refractivity (Wildman–Crippen MR) is 209 cm³/mol. The summed E-state index contributed by atoms with van der Waals surface area (Å²) in [4.78, 5) is 7.98. The molecule has 238 valence electrons. The Kier molecular flexibility index (Phi) is 7.17. The van der Waals surface area contributed by atoms with E-state index in [1.807, 2.05) is 84.9 Å². The van der Waals surface area contributed by atoms with Crippen molar-refractivity contribution < 1.29 is 4.42 Å². The average Bonchev–Trinajstić information content (AvgIpc) is 3.53. The topological polar surface area (TPSA) is 47.8 Å². The third-order valence-electron chi connectivity index (χ3n) is 9.39. The quantitative estimate of drug-likeness (QED) is 0.168. The van der Waals surface area contributed by atoms with E-state index in [0.717, 1.165) is 77.6 Å². The standard InChI is InChI=1S/C46H28N4O/c1-48-36-16-22-40(23-17-36)50(38-10-6-3-7-11-38)42-21-15-33-27-44-43-26-32-14-20-41(24-34(32)28-45(43)51-46(44)29-35(33)25-42)49(37-8-4-2-5-9-37)39-18-12-31(30-47)13-19-39/h2-29H. The Hall–Kier alpha value is -7.34. The minimum Gasteiger partial charge on any atom is -0.456 e. The number of rotatable bonds is 6. The lowest BCUT2D eigenvalue weighted by atomic mass is 10.0. The zero-order valence-corrected chi connectivity index (χ0v) is 27.4. The molecule has 0 fully saturated rings. The van der Waals surface area contributed by atoms with Gasteiger partial charge in [-0.25, -0.2) is 4.85 Å². The largest absolute Gasteiger partial charge is 0.456 e. The number of hydrogen-bond acceptors (Lipinski definition) is 4. The third kappa shape index (κ3) is 5.36. The third-order valence-corrected chi connectivity index (χ3v) is 9.39. The summed E-state index contributed by atoms with van der Waals surface area (Å²) >= 11 is 0. The lowest BCUT2D eigenvalue weighted by Gasteiger charge is -2.26. The Balaban J connectivity index is 1.14. The summed E-state index contributed by atoms with van der Waals surface area (Å²) in [6, 6.07) is 59.9. The maximum Gasteiger partial charge on any atom is 0.187 e. The van der Waals surface area contributed by atoms with Crippen LogP contribution < -0.4 is 9.80 Å². The number of anilines is 6. The van der Waals surface area contributed by atoms with Crippen LogP contribution in [0, 0.1) is 17.9 Å². The second kappa shape index (κ2) is 12.3. The van der Waals surface area contributed by atoms with Crippen LogP contribution in [0.2, 0.25) is 0 Å². The van der Waals surface area contributed by atoms with Gasteiger partial charge in [-0.1, -0.05) is 60.7 Å². The normalized spacial score (nSPS) is 11.1. The Bertz CT molecular complexity index is 2620. The highest BCUT2D eigenvalue weighted by Crippen LogP contribution is 2.41. The van der Waals surface area contributed by atoms with E-state index in [-0.39, 0.29) is 0 Å². The molecule has 8 aromatic carbocycles. The molecule has 0 saturated carbocycles. The molecule has 0 aliphatic carbocycles. The van der Waals surface area contributed by atoms with E-state index in [2.05, 4.69) is 106 Å². The summed E-state index contributed by atoms with van der Waals surface area (Å²) in [6.07, 6.45) is 0. The van der Waals surface area contributed by atoms with Crippen molar-refractivity contribution in [2.75, 3.05) is 9.80 Å². The van der Waals surface area contributed by atoms with Gasteiger partial charge in [0.15, 0.2) is 5.69 Å². The summed E-state index contributed by atoms with van der Waals surface area (Å²) in [5, 5.41) is 15.9. The molecule has 9 aromatic rings. The van der Waals surface area contributed by atoms with Gasteiger partial charge < -0.3 is 14.2 Å². The number of nitriles is 1. The monoisotopic (exact) mass is 652 g/mol. The van der Waals surface area contributed by atoms with Crippen LogP contribution in [-0.2, 0) is 0 Å².